The molecule has 2 rings (SSSR count). The van der Waals surface area contributed by atoms with Crippen molar-refractivity contribution >= 4 is 22.9 Å². The van der Waals surface area contributed by atoms with Gasteiger partial charge in [-0.2, -0.15) is 0 Å². The van der Waals surface area contributed by atoms with Gasteiger partial charge in [-0.1, -0.05) is 24.4 Å². The molecule has 98 valence electrons. The van der Waals surface area contributed by atoms with Gasteiger partial charge in [-0.25, -0.2) is 0 Å². The molecule has 0 spiro atoms. The molecule has 0 saturated carbocycles. The molecule has 3 N–H and O–H groups in total. The molecule has 0 bridgehead atoms. The first kappa shape index (κ1) is 13.3. The number of likely N-dealkylation sites (tertiary alicyclic amines) is 1. The predicted octanol–water partition coefficient (Wildman–Crippen LogP) is 2.22. The maximum Gasteiger partial charge on any atom is 0.106 e. The van der Waals surface area contributed by atoms with E-state index in [2.05, 4.69) is 30.3 Å². The minimum atomic E-state index is 0.457. The number of hydrogen-bond acceptors (Lipinski definition) is 3. The highest BCUT2D eigenvalue weighted by atomic mass is 32.1. The molecule has 0 aliphatic carbocycles. The van der Waals surface area contributed by atoms with Crippen LogP contribution in [0.5, 0.6) is 0 Å². The molecule has 1 heterocycles. The van der Waals surface area contributed by atoms with Crippen molar-refractivity contribution in [2.75, 3.05) is 18.9 Å². The summed E-state index contributed by atoms with van der Waals surface area (Å²) in [6.07, 6.45) is 2.31. The molecule has 0 radical (unpaired) electrons. The summed E-state index contributed by atoms with van der Waals surface area (Å²) in [5.41, 5.74) is 7.76. The SMILES string of the molecule is CC1CC(Nc2ccccc2C(N)=S)CCN1C. The molecular weight excluding hydrogens is 242 g/mol. The van der Waals surface area contributed by atoms with Crippen LogP contribution < -0.4 is 11.1 Å². The molecule has 1 saturated heterocycles. The summed E-state index contributed by atoms with van der Waals surface area (Å²) in [6, 6.07) is 9.14. The van der Waals surface area contributed by atoms with Crippen molar-refractivity contribution in [1.82, 2.24) is 4.90 Å². The topological polar surface area (TPSA) is 41.3 Å². The second-order valence-corrected chi connectivity index (χ2v) is 5.54. The van der Waals surface area contributed by atoms with E-state index in [4.69, 9.17) is 18.0 Å². The Kier molecular flexibility index (Phi) is 4.19. The van der Waals surface area contributed by atoms with Gasteiger partial charge in [-0.3, -0.25) is 0 Å². The van der Waals surface area contributed by atoms with Crippen LogP contribution in [-0.4, -0.2) is 35.6 Å². The maximum absolute atomic E-state index is 5.75. The highest BCUT2D eigenvalue weighted by molar-refractivity contribution is 7.80. The third kappa shape index (κ3) is 3.00. The van der Waals surface area contributed by atoms with Crippen molar-refractivity contribution in [3.63, 3.8) is 0 Å². The van der Waals surface area contributed by atoms with Crippen LogP contribution in [-0.2, 0) is 0 Å². The molecule has 0 amide bonds. The molecule has 4 heteroatoms. The molecule has 1 fully saturated rings. The largest absolute Gasteiger partial charge is 0.389 e. The minimum Gasteiger partial charge on any atom is -0.389 e. The van der Waals surface area contributed by atoms with Gasteiger partial charge in [-0.05, 0) is 38.9 Å². The number of nitrogens with two attached hydrogens (primary N) is 1. The summed E-state index contributed by atoms with van der Waals surface area (Å²) < 4.78 is 0. The van der Waals surface area contributed by atoms with Gasteiger partial charge in [0.2, 0.25) is 0 Å². The molecule has 3 nitrogen and oxygen atoms in total. The monoisotopic (exact) mass is 263 g/mol. The number of piperidine rings is 1. The zero-order valence-corrected chi connectivity index (χ0v) is 11.8. The van der Waals surface area contributed by atoms with E-state index in [-0.39, 0.29) is 0 Å². The lowest BCUT2D eigenvalue weighted by Crippen LogP contribution is -2.42. The Hall–Kier alpha value is -1.13. The number of para-hydroxylation sites is 1. The first-order valence-electron chi connectivity index (χ1n) is 6.43. The van der Waals surface area contributed by atoms with Crippen LogP contribution in [0.25, 0.3) is 0 Å². The lowest BCUT2D eigenvalue weighted by molar-refractivity contribution is 0.190. The minimum absolute atomic E-state index is 0.457. The van der Waals surface area contributed by atoms with Crippen molar-refractivity contribution < 1.29 is 0 Å². The van der Waals surface area contributed by atoms with Gasteiger partial charge in [0.05, 0.1) is 0 Å². The number of rotatable bonds is 3. The number of nitrogens with zero attached hydrogens (tertiary/aromatic N) is 1. The second-order valence-electron chi connectivity index (χ2n) is 5.11. The van der Waals surface area contributed by atoms with Crippen LogP contribution in [0, 0.1) is 0 Å². The molecule has 2 unspecified atom stereocenters. The van der Waals surface area contributed by atoms with Gasteiger partial charge < -0.3 is 16.0 Å². The molecule has 0 aromatic heterocycles. The Morgan fingerprint density at radius 1 is 1.44 bits per heavy atom. The van der Waals surface area contributed by atoms with Gasteiger partial charge >= 0.3 is 0 Å². The van der Waals surface area contributed by atoms with Crippen LogP contribution in [0.3, 0.4) is 0 Å². The smallest absolute Gasteiger partial charge is 0.106 e. The summed E-state index contributed by atoms with van der Waals surface area (Å²) in [5.74, 6) is 0. The van der Waals surface area contributed by atoms with Crippen LogP contribution in [0.2, 0.25) is 0 Å². The fraction of sp³-hybridized carbons (Fsp3) is 0.500. The normalized spacial score (nSPS) is 24.8. The van der Waals surface area contributed by atoms with Crippen molar-refractivity contribution in [1.29, 1.82) is 0 Å². The third-order valence-corrected chi connectivity index (χ3v) is 3.98. The van der Waals surface area contributed by atoms with E-state index >= 15 is 0 Å². The van der Waals surface area contributed by atoms with E-state index in [1.165, 1.54) is 0 Å². The quantitative estimate of drug-likeness (QED) is 0.821. The highest BCUT2D eigenvalue weighted by Gasteiger charge is 2.23. The Morgan fingerprint density at radius 2 is 2.17 bits per heavy atom. The number of benzene rings is 1. The fourth-order valence-corrected chi connectivity index (χ4v) is 2.64. The van der Waals surface area contributed by atoms with Crippen LogP contribution >= 0.6 is 12.2 Å². The summed E-state index contributed by atoms with van der Waals surface area (Å²) in [6.45, 7) is 3.40. The number of hydrogen-bond donors (Lipinski definition) is 2. The summed E-state index contributed by atoms with van der Waals surface area (Å²) >= 11 is 5.09. The second kappa shape index (κ2) is 5.67. The molecular formula is C14H21N3S. The Bertz CT molecular complexity index is 433. The summed E-state index contributed by atoms with van der Waals surface area (Å²) in [7, 11) is 2.18. The van der Waals surface area contributed by atoms with Gasteiger partial charge in [0, 0.05) is 29.9 Å². The lowest BCUT2D eigenvalue weighted by atomic mass is 9.98. The standard InChI is InChI=1S/C14H21N3S/c1-10-9-11(7-8-17(10)2)16-13-6-4-3-5-12(13)14(15)18/h3-6,10-11,16H,7-9H2,1-2H3,(H2,15,18). The van der Waals surface area contributed by atoms with E-state index in [1.54, 1.807) is 0 Å². The Morgan fingerprint density at radius 3 is 2.83 bits per heavy atom. The van der Waals surface area contributed by atoms with Crippen LogP contribution in [0.4, 0.5) is 5.69 Å². The van der Waals surface area contributed by atoms with Crippen LogP contribution in [0.1, 0.15) is 25.3 Å². The summed E-state index contributed by atoms with van der Waals surface area (Å²) in [4.78, 5) is 2.86. The van der Waals surface area contributed by atoms with E-state index in [1.807, 2.05) is 18.2 Å². The fourth-order valence-electron chi connectivity index (χ4n) is 2.46. The average molecular weight is 263 g/mol. The van der Waals surface area contributed by atoms with E-state index in [0.717, 1.165) is 30.6 Å². The Labute approximate surface area is 114 Å². The van der Waals surface area contributed by atoms with Crippen molar-refractivity contribution in [2.24, 2.45) is 5.73 Å². The lowest BCUT2D eigenvalue weighted by Gasteiger charge is -2.36. The molecule has 2 atom stereocenters. The van der Waals surface area contributed by atoms with E-state index in [0.29, 0.717) is 17.1 Å². The third-order valence-electron chi connectivity index (χ3n) is 3.76. The Balaban J connectivity index is 2.08. The highest BCUT2D eigenvalue weighted by Crippen LogP contribution is 2.22. The first-order valence-corrected chi connectivity index (χ1v) is 6.84. The molecule has 1 aromatic carbocycles. The molecule has 18 heavy (non-hydrogen) atoms. The van der Waals surface area contributed by atoms with Gasteiger partial charge in [0.1, 0.15) is 4.99 Å². The van der Waals surface area contributed by atoms with Gasteiger partial charge in [-0.15, -0.1) is 0 Å². The number of anilines is 1. The number of nitrogens with one attached hydrogen (secondary N) is 1. The van der Waals surface area contributed by atoms with Crippen LogP contribution in [0.15, 0.2) is 24.3 Å². The van der Waals surface area contributed by atoms with Crippen molar-refractivity contribution in [3.05, 3.63) is 29.8 Å². The van der Waals surface area contributed by atoms with Gasteiger partial charge in [0.15, 0.2) is 0 Å². The van der Waals surface area contributed by atoms with Gasteiger partial charge in [0.25, 0.3) is 0 Å². The predicted molar refractivity (Wildman–Crippen MR) is 81.1 cm³/mol. The molecule has 1 aromatic rings. The van der Waals surface area contributed by atoms with E-state index < -0.39 is 0 Å². The zero-order valence-electron chi connectivity index (χ0n) is 11.0. The first-order chi connectivity index (χ1) is 8.58. The maximum atomic E-state index is 5.75. The van der Waals surface area contributed by atoms with Crippen molar-refractivity contribution in [3.8, 4) is 0 Å². The average Bonchev–Trinajstić information content (AvgIpc) is 2.34. The summed E-state index contributed by atoms with van der Waals surface area (Å²) in [5, 5.41) is 3.59. The zero-order chi connectivity index (χ0) is 13.1. The number of thiocarbonyl (C=S) groups is 1. The van der Waals surface area contributed by atoms with Crippen molar-refractivity contribution in [2.45, 2.75) is 31.8 Å². The molecule has 1 aliphatic rings. The van der Waals surface area contributed by atoms with E-state index in [9.17, 15) is 0 Å². The molecule has 1 aliphatic heterocycles.